The number of benzene rings is 1. The SMILES string of the molecule is CCCN1CCC(NC(=O)/C=C/c2ccc(-n3cc(Br)cn3)c(F)c2)CC1. The molecule has 0 bridgehead atoms. The summed E-state index contributed by atoms with van der Waals surface area (Å²) in [5, 5.41) is 7.12. The van der Waals surface area contributed by atoms with Gasteiger partial charge in [0.2, 0.25) is 5.91 Å². The van der Waals surface area contributed by atoms with Crippen LogP contribution >= 0.6 is 15.9 Å². The molecule has 0 radical (unpaired) electrons. The average Bonchev–Trinajstić information content (AvgIpc) is 3.08. The Morgan fingerprint density at radius 2 is 2.19 bits per heavy atom. The fourth-order valence-electron chi connectivity index (χ4n) is 3.28. The van der Waals surface area contributed by atoms with Crippen molar-refractivity contribution in [2.75, 3.05) is 19.6 Å². The summed E-state index contributed by atoms with van der Waals surface area (Å²) in [5.41, 5.74) is 0.997. The number of nitrogens with zero attached hydrogens (tertiary/aromatic N) is 3. The maximum Gasteiger partial charge on any atom is 0.244 e. The Morgan fingerprint density at radius 3 is 2.81 bits per heavy atom. The molecular formula is C20H24BrFN4O. The van der Waals surface area contributed by atoms with Crippen LogP contribution in [0.1, 0.15) is 31.7 Å². The Bertz CT molecular complexity index is 812. The molecule has 5 nitrogen and oxygen atoms in total. The lowest BCUT2D eigenvalue weighted by Gasteiger charge is -2.31. The van der Waals surface area contributed by atoms with Crippen LogP contribution < -0.4 is 5.32 Å². The molecule has 1 aliphatic rings. The number of carbonyl (C=O) groups excluding carboxylic acids is 1. The van der Waals surface area contributed by atoms with E-state index in [2.05, 4.69) is 38.2 Å². The minimum absolute atomic E-state index is 0.135. The summed E-state index contributed by atoms with van der Waals surface area (Å²) >= 11 is 3.30. The van der Waals surface area contributed by atoms with Gasteiger partial charge in [0.25, 0.3) is 0 Å². The van der Waals surface area contributed by atoms with Gasteiger partial charge in [-0.05, 0) is 65.5 Å². The maximum atomic E-state index is 14.3. The van der Waals surface area contributed by atoms with Crippen LogP contribution in [0.25, 0.3) is 11.8 Å². The fraction of sp³-hybridized carbons (Fsp3) is 0.400. The van der Waals surface area contributed by atoms with Gasteiger partial charge in [0.15, 0.2) is 0 Å². The highest BCUT2D eigenvalue weighted by molar-refractivity contribution is 9.10. The number of piperidine rings is 1. The van der Waals surface area contributed by atoms with Gasteiger partial charge in [-0.25, -0.2) is 9.07 Å². The summed E-state index contributed by atoms with van der Waals surface area (Å²) in [5.74, 6) is -0.527. The molecule has 1 amide bonds. The lowest BCUT2D eigenvalue weighted by atomic mass is 10.0. The third-order valence-corrected chi connectivity index (χ3v) is 5.08. The first-order valence-electron chi connectivity index (χ1n) is 9.26. The summed E-state index contributed by atoms with van der Waals surface area (Å²) in [4.78, 5) is 14.6. The van der Waals surface area contributed by atoms with E-state index in [0.29, 0.717) is 11.3 Å². The Labute approximate surface area is 167 Å². The molecule has 2 heterocycles. The second-order valence-corrected chi connectivity index (χ2v) is 7.69. The number of carbonyl (C=O) groups is 1. The number of nitrogens with one attached hydrogen (secondary N) is 1. The van der Waals surface area contributed by atoms with Gasteiger partial charge in [-0.3, -0.25) is 4.79 Å². The molecule has 1 aromatic heterocycles. The quantitative estimate of drug-likeness (QED) is 0.703. The van der Waals surface area contributed by atoms with Crippen molar-refractivity contribution in [1.82, 2.24) is 20.0 Å². The van der Waals surface area contributed by atoms with Crippen LogP contribution in [0.5, 0.6) is 0 Å². The van der Waals surface area contributed by atoms with Gasteiger partial charge in [0.1, 0.15) is 11.5 Å². The predicted octanol–water partition coefficient (Wildman–Crippen LogP) is 3.78. The topological polar surface area (TPSA) is 50.2 Å². The summed E-state index contributed by atoms with van der Waals surface area (Å²) < 4.78 is 16.6. The van der Waals surface area contributed by atoms with Crippen molar-refractivity contribution in [3.63, 3.8) is 0 Å². The van der Waals surface area contributed by atoms with Crippen LogP contribution in [0.15, 0.2) is 41.1 Å². The monoisotopic (exact) mass is 434 g/mol. The molecule has 2 aromatic rings. The van der Waals surface area contributed by atoms with Crippen molar-refractivity contribution in [2.24, 2.45) is 0 Å². The highest BCUT2D eigenvalue weighted by Gasteiger charge is 2.19. The van der Waals surface area contributed by atoms with Crippen molar-refractivity contribution in [3.05, 3.63) is 52.5 Å². The van der Waals surface area contributed by atoms with Crippen molar-refractivity contribution >= 4 is 27.9 Å². The first kappa shape index (κ1) is 19.8. The van der Waals surface area contributed by atoms with E-state index >= 15 is 0 Å². The number of halogens is 2. The molecule has 144 valence electrons. The molecule has 1 fully saturated rings. The number of likely N-dealkylation sites (tertiary alicyclic amines) is 1. The standard InChI is InChI=1S/C20H24BrFN4O/c1-2-9-25-10-7-17(8-11-25)24-20(27)6-4-15-3-5-19(18(22)12-15)26-14-16(21)13-23-26/h3-6,12-14,17H,2,7-11H2,1H3,(H,24,27)/b6-4+. The Hall–Kier alpha value is -1.99. The van der Waals surface area contributed by atoms with Gasteiger partial charge in [0, 0.05) is 31.4 Å². The van der Waals surface area contributed by atoms with Gasteiger partial charge in [0.05, 0.1) is 10.7 Å². The van der Waals surface area contributed by atoms with E-state index in [-0.39, 0.29) is 11.9 Å². The van der Waals surface area contributed by atoms with E-state index in [1.54, 1.807) is 30.6 Å². The minimum atomic E-state index is -0.392. The molecule has 0 atom stereocenters. The third-order valence-electron chi connectivity index (χ3n) is 4.67. The molecule has 1 N–H and O–H groups in total. The zero-order chi connectivity index (χ0) is 19.2. The van der Waals surface area contributed by atoms with E-state index in [9.17, 15) is 9.18 Å². The Balaban J connectivity index is 1.55. The number of hydrogen-bond donors (Lipinski definition) is 1. The fourth-order valence-corrected chi connectivity index (χ4v) is 3.57. The van der Waals surface area contributed by atoms with E-state index in [4.69, 9.17) is 0 Å². The van der Waals surface area contributed by atoms with E-state index in [1.165, 1.54) is 16.8 Å². The van der Waals surface area contributed by atoms with E-state index in [1.807, 2.05) is 0 Å². The van der Waals surface area contributed by atoms with Crippen molar-refractivity contribution in [1.29, 1.82) is 0 Å². The molecule has 0 spiro atoms. The normalized spacial score (nSPS) is 16.1. The number of aromatic nitrogens is 2. The van der Waals surface area contributed by atoms with Gasteiger partial charge in [-0.2, -0.15) is 5.10 Å². The summed E-state index contributed by atoms with van der Waals surface area (Å²) in [7, 11) is 0. The van der Waals surface area contributed by atoms with Crippen LogP contribution in [0.2, 0.25) is 0 Å². The number of hydrogen-bond acceptors (Lipinski definition) is 3. The van der Waals surface area contributed by atoms with E-state index < -0.39 is 5.82 Å². The van der Waals surface area contributed by atoms with Gasteiger partial charge in [-0.1, -0.05) is 13.0 Å². The second kappa shape index (κ2) is 9.28. The Morgan fingerprint density at radius 1 is 1.41 bits per heavy atom. The van der Waals surface area contributed by atoms with Crippen LogP contribution in [-0.4, -0.2) is 46.3 Å². The lowest BCUT2D eigenvalue weighted by molar-refractivity contribution is -0.117. The second-order valence-electron chi connectivity index (χ2n) is 6.77. The molecule has 1 aliphatic heterocycles. The predicted molar refractivity (Wildman–Crippen MR) is 108 cm³/mol. The summed E-state index contributed by atoms with van der Waals surface area (Å²) in [6.07, 6.45) is 9.50. The van der Waals surface area contributed by atoms with Gasteiger partial charge < -0.3 is 10.2 Å². The molecule has 7 heteroatoms. The number of rotatable bonds is 6. The first-order valence-corrected chi connectivity index (χ1v) is 10.1. The number of amides is 1. The van der Waals surface area contributed by atoms with Crippen molar-refractivity contribution < 1.29 is 9.18 Å². The van der Waals surface area contributed by atoms with Crippen LogP contribution in [0.4, 0.5) is 4.39 Å². The van der Waals surface area contributed by atoms with Crippen LogP contribution in [0, 0.1) is 5.82 Å². The van der Waals surface area contributed by atoms with Crippen LogP contribution in [0.3, 0.4) is 0 Å². The van der Waals surface area contributed by atoms with Crippen LogP contribution in [-0.2, 0) is 4.79 Å². The maximum absolute atomic E-state index is 14.3. The third kappa shape index (κ3) is 5.49. The summed E-state index contributed by atoms with van der Waals surface area (Å²) in [6, 6.07) is 5.03. The van der Waals surface area contributed by atoms with Crippen molar-refractivity contribution in [3.8, 4) is 5.69 Å². The van der Waals surface area contributed by atoms with Gasteiger partial charge in [-0.15, -0.1) is 0 Å². The van der Waals surface area contributed by atoms with Crippen molar-refractivity contribution in [2.45, 2.75) is 32.2 Å². The molecule has 0 saturated carbocycles. The molecule has 0 unspecified atom stereocenters. The molecule has 1 saturated heterocycles. The lowest BCUT2D eigenvalue weighted by Crippen LogP contribution is -2.44. The largest absolute Gasteiger partial charge is 0.350 e. The zero-order valence-corrected chi connectivity index (χ0v) is 17.0. The summed E-state index contributed by atoms with van der Waals surface area (Å²) in [6.45, 7) is 5.36. The minimum Gasteiger partial charge on any atom is -0.350 e. The average molecular weight is 435 g/mol. The molecule has 27 heavy (non-hydrogen) atoms. The highest BCUT2D eigenvalue weighted by Crippen LogP contribution is 2.18. The smallest absolute Gasteiger partial charge is 0.244 e. The molecular weight excluding hydrogens is 411 g/mol. The molecule has 1 aromatic carbocycles. The zero-order valence-electron chi connectivity index (χ0n) is 15.4. The van der Waals surface area contributed by atoms with E-state index in [0.717, 1.165) is 43.4 Å². The first-order chi connectivity index (χ1) is 13.0. The molecule has 3 rings (SSSR count). The highest BCUT2D eigenvalue weighted by atomic mass is 79.9. The molecule has 0 aliphatic carbocycles. The van der Waals surface area contributed by atoms with Gasteiger partial charge >= 0.3 is 0 Å². The Kier molecular flexibility index (Phi) is 6.79.